The molecule has 0 saturated carbocycles. The number of aromatic nitrogens is 6. The van der Waals surface area contributed by atoms with Gasteiger partial charge in [-0.25, -0.2) is 4.68 Å². The maximum atomic E-state index is 13.0. The average molecular weight is 460 g/mol. The smallest absolute Gasteiger partial charge is 0.252 e. The number of rotatable bonds is 9. The molecule has 0 amide bonds. The van der Waals surface area contributed by atoms with E-state index in [9.17, 15) is 4.79 Å². The second-order valence-electron chi connectivity index (χ2n) is 9.52. The summed E-state index contributed by atoms with van der Waals surface area (Å²) in [5, 5.41) is 13.8. The summed E-state index contributed by atoms with van der Waals surface area (Å²) in [4.78, 5) is 22.7. The van der Waals surface area contributed by atoms with Crippen LogP contribution in [0.5, 0.6) is 0 Å². The Morgan fingerprint density at radius 1 is 1.15 bits per heavy atom. The van der Waals surface area contributed by atoms with Gasteiger partial charge in [-0.3, -0.25) is 14.7 Å². The number of aryl methyl sites for hydroxylation is 1. The first-order valence-electron chi connectivity index (χ1n) is 11.9. The van der Waals surface area contributed by atoms with Crippen molar-refractivity contribution >= 4 is 10.9 Å². The number of benzene rings is 1. The van der Waals surface area contributed by atoms with Gasteiger partial charge in [-0.2, -0.15) is 0 Å². The van der Waals surface area contributed by atoms with Crippen molar-refractivity contribution in [3.63, 3.8) is 0 Å². The minimum Gasteiger partial charge on any atom is -0.322 e. The minimum absolute atomic E-state index is 0.0733. The van der Waals surface area contributed by atoms with Crippen molar-refractivity contribution in [2.24, 2.45) is 0 Å². The van der Waals surface area contributed by atoms with Gasteiger partial charge in [0.05, 0.1) is 11.6 Å². The van der Waals surface area contributed by atoms with E-state index in [1.165, 1.54) is 0 Å². The average Bonchev–Trinajstić information content (AvgIpc) is 3.31. The van der Waals surface area contributed by atoms with Gasteiger partial charge in [-0.05, 0) is 79.3 Å². The van der Waals surface area contributed by atoms with Crippen LogP contribution in [-0.2, 0) is 18.6 Å². The van der Waals surface area contributed by atoms with Gasteiger partial charge < -0.3 is 4.98 Å². The van der Waals surface area contributed by atoms with E-state index in [0.717, 1.165) is 40.7 Å². The highest BCUT2D eigenvalue weighted by atomic mass is 16.1. The van der Waals surface area contributed by atoms with E-state index in [2.05, 4.69) is 77.1 Å². The number of nitrogens with zero attached hydrogens (tertiary/aromatic N) is 6. The lowest BCUT2D eigenvalue weighted by molar-refractivity contribution is 0.150. The van der Waals surface area contributed by atoms with Crippen molar-refractivity contribution in [3.05, 3.63) is 81.7 Å². The molecule has 0 fully saturated rings. The highest BCUT2D eigenvalue weighted by Crippen LogP contribution is 2.30. The van der Waals surface area contributed by atoms with Crippen LogP contribution in [0.2, 0.25) is 0 Å². The molecule has 1 atom stereocenters. The van der Waals surface area contributed by atoms with E-state index < -0.39 is 0 Å². The largest absolute Gasteiger partial charge is 0.322 e. The summed E-state index contributed by atoms with van der Waals surface area (Å²) >= 11 is 0. The van der Waals surface area contributed by atoms with Crippen LogP contribution in [0.25, 0.3) is 10.9 Å². The Labute approximate surface area is 200 Å². The molecule has 0 radical (unpaired) electrons. The number of nitrogens with one attached hydrogen (secondary N) is 1. The first kappa shape index (κ1) is 23.8. The van der Waals surface area contributed by atoms with Crippen LogP contribution in [0.15, 0.2) is 53.6 Å². The summed E-state index contributed by atoms with van der Waals surface area (Å²) < 4.78 is 1.94. The van der Waals surface area contributed by atoms with Crippen LogP contribution < -0.4 is 5.56 Å². The molecule has 0 unspecified atom stereocenters. The zero-order chi connectivity index (χ0) is 24.3. The number of tetrazole rings is 1. The third-order valence-electron chi connectivity index (χ3n) is 6.62. The van der Waals surface area contributed by atoms with E-state index in [-0.39, 0.29) is 17.1 Å². The third-order valence-corrected chi connectivity index (χ3v) is 6.62. The number of hydrogen-bond donors (Lipinski definition) is 1. The second-order valence-corrected chi connectivity index (χ2v) is 9.52. The van der Waals surface area contributed by atoms with E-state index in [1.807, 2.05) is 35.1 Å². The molecule has 4 aromatic rings. The van der Waals surface area contributed by atoms with Gasteiger partial charge in [0, 0.05) is 36.6 Å². The first-order chi connectivity index (χ1) is 16.3. The summed E-state index contributed by atoms with van der Waals surface area (Å²) in [6.45, 7) is 11.7. The van der Waals surface area contributed by atoms with E-state index in [4.69, 9.17) is 0 Å². The Balaban J connectivity index is 1.77. The van der Waals surface area contributed by atoms with Gasteiger partial charge in [0.1, 0.15) is 0 Å². The zero-order valence-corrected chi connectivity index (χ0v) is 20.6. The van der Waals surface area contributed by atoms with Gasteiger partial charge in [-0.15, -0.1) is 5.10 Å². The van der Waals surface area contributed by atoms with Crippen LogP contribution in [-0.4, -0.2) is 35.1 Å². The molecule has 1 N–H and O–H groups in total. The molecule has 8 heteroatoms. The van der Waals surface area contributed by atoms with E-state index >= 15 is 0 Å². The van der Waals surface area contributed by atoms with Crippen molar-refractivity contribution in [2.75, 3.05) is 0 Å². The summed E-state index contributed by atoms with van der Waals surface area (Å²) in [5.74, 6) is 0.811. The summed E-state index contributed by atoms with van der Waals surface area (Å²) in [6, 6.07) is 12.0. The maximum Gasteiger partial charge on any atom is 0.252 e. The third kappa shape index (κ3) is 4.92. The van der Waals surface area contributed by atoms with Crippen LogP contribution in [0.3, 0.4) is 0 Å². The minimum atomic E-state index is -0.218. The lowest BCUT2D eigenvalue weighted by atomic mass is 10.0. The van der Waals surface area contributed by atoms with E-state index in [0.29, 0.717) is 18.7 Å². The second kappa shape index (κ2) is 9.85. The zero-order valence-electron chi connectivity index (χ0n) is 20.6. The van der Waals surface area contributed by atoms with E-state index in [1.54, 1.807) is 6.20 Å². The molecule has 3 heterocycles. The van der Waals surface area contributed by atoms with Crippen molar-refractivity contribution in [1.82, 2.24) is 35.1 Å². The SMILES string of the molecule is CC[C@H](c1nnnn1C(C)(C)CC)N(Cc1cccnc1)Cc1cc2cc(C)ccc2[nH]c1=O. The highest BCUT2D eigenvalue weighted by Gasteiger charge is 2.31. The fraction of sp³-hybridized carbons (Fsp3) is 0.423. The monoisotopic (exact) mass is 459 g/mol. The summed E-state index contributed by atoms with van der Waals surface area (Å²) in [5.41, 5.74) is 3.50. The quantitative estimate of drug-likeness (QED) is 0.396. The standard InChI is InChI=1S/C26H33N7O/c1-6-23(24-29-30-31-33(24)26(4,5)7-2)32(16-19-9-8-12-27-15-19)17-21-14-20-13-18(3)10-11-22(20)28-25(21)34/h8-15,23H,6-7,16-17H2,1-5H3,(H,28,34)/t23-/m1/s1. The van der Waals surface area contributed by atoms with Crippen LogP contribution in [0, 0.1) is 6.92 Å². The Bertz CT molecular complexity index is 1310. The molecule has 34 heavy (non-hydrogen) atoms. The predicted molar refractivity (Wildman–Crippen MR) is 133 cm³/mol. The Morgan fingerprint density at radius 3 is 2.68 bits per heavy atom. The van der Waals surface area contributed by atoms with Gasteiger partial charge in [0.15, 0.2) is 5.82 Å². The molecule has 8 nitrogen and oxygen atoms in total. The molecule has 3 aromatic heterocycles. The number of aromatic amines is 1. The fourth-order valence-corrected chi connectivity index (χ4v) is 4.30. The molecular weight excluding hydrogens is 426 g/mol. The van der Waals surface area contributed by atoms with Crippen molar-refractivity contribution in [1.29, 1.82) is 0 Å². The number of hydrogen-bond acceptors (Lipinski definition) is 6. The van der Waals surface area contributed by atoms with Crippen molar-refractivity contribution in [2.45, 2.75) is 72.1 Å². The molecule has 0 aliphatic heterocycles. The van der Waals surface area contributed by atoms with Crippen LogP contribution in [0.1, 0.15) is 69.1 Å². The number of H-pyrrole nitrogens is 1. The molecular formula is C26H33N7O. The van der Waals surface area contributed by atoms with Gasteiger partial charge in [0.2, 0.25) is 0 Å². The molecule has 0 aliphatic rings. The Kier molecular flexibility index (Phi) is 6.88. The lowest BCUT2D eigenvalue weighted by Gasteiger charge is -2.33. The summed E-state index contributed by atoms with van der Waals surface area (Å²) in [7, 11) is 0. The molecule has 0 spiro atoms. The predicted octanol–water partition coefficient (Wildman–Crippen LogP) is 4.52. The van der Waals surface area contributed by atoms with Gasteiger partial charge >= 0.3 is 0 Å². The van der Waals surface area contributed by atoms with Gasteiger partial charge in [0.25, 0.3) is 5.56 Å². The lowest BCUT2D eigenvalue weighted by Crippen LogP contribution is -2.36. The highest BCUT2D eigenvalue weighted by molar-refractivity contribution is 5.79. The topological polar surface area (TPSA) is 92.6 Å². The molecule has 178 valence electrons. The molecule has 0 saturated heterocycles. The number of pyridine rings is 2. The van der Waals surface area contributed by atoms with Crippen molar-refractivity contribution in [3.8, 4) is 0 Å². The first-order valence-corrected chi connectivity index (χ1v) is 11.9. The van der Waals surface area contributed by atoms with Crippen LogP contribution in [0.4, 0.5) is 0 Å². The summed E-state index contributed by atoms with van der Waals surface area (Å²) in [6.07, 6.45) is 5.33. The number of fused-ring (bicyclic) bond motifs is 1. The molecule has 1 aromatic carbocycles. The fourth-order valence-electron chi connectivity index (χ4n) is 4.30. The van der Waals surface area contributed by atoms with Crippen LogP contribution >= 0.6 is 0 Å². The Morgan fingerprint density at radius 2 is 1.97 bits per heavy atom. The molecule has 4 rings (SSSR count). The van der Waals surface area contributed by atoms with Crippen molar-refractivity contribution < 1.29 is 0 Å². The maximum absolute atomic E-state index is 13.0. The normalized spacial score (nSPS) is 13.0. The molecule has 0 bridgehead atoms. The Hall–Kier alpha value is -3.39. The van der Waals surface area contributed by atoms with Gasteiger partial charge in [-0.1, -0.05) is 31.5 Å². The molecule has 0 aliphatic carbocycles.